The Morgan fingerprint density at radius 2 is 1.89 bits per heavy atom. The molecule has 0 fully saturated rings. The molecule has 2 N–H and O–H groups in total. The zero-order valence-corrected chi connectivity index (χ0v) is 10.9. The zero-order valence-electron chi connectivity index (χ0n) is 10.2. The number of benzene rings is 1. The molecule has 0 saturated heterocycles. The molecule has 1 heterocycles. The van der Waals surface area contributed by atoms with Crippen LogP contribution in [-0.4, -0.2) is 4.98 Å². The molecule has 0 aliphatic rings. The summed E-state index contributed by atoms with van der Waals surface area (Å²) < 4.78 is 5.60. The summed E-state index contributed by atoms with van der Waals surface area (Å²) in [4.78, 5) is 4.04. The molecule has 0 saturated carbocycles. The number of halogens is 1. The summed E-state index contributed by atoms with van der Waals surface area (Å²) in [6.07, 6.45) is 2.20. The number of nitrogens with zero attached hydrogens (tertiary/aromatic N) is 1. The van der Waals surface area contributed by atoms with Crippen molar-refractivity contribution in [1.29, 1.82) is 0 Å². The highest BCUT2D eigenvalue weighted by atomic mass is 35.5. The van der Waals surface area contributed by atoms with Crippen LogP contribution in [0.1, 0.15) is 18.9 Å². The molecule has 0 aliphatic carbocycles. The number of ether oxygens (including phenoxy) is 1. The average molecular weight is 263 g/mol. The van der Waals surface area contributed by atoms with E-state index in [1.54, 1.807) is 12.1 Å². The lowest BCUT2D eigenvalue weighted by Gasteiger charge is -2.08. The first-order valence-corrected chi connectivity index (χ1v) is 6.25. The molecule has 3 nitrogen and oxygen atoms in total. The standard InChI is InChI=1S/C14H15ClN2O/c1-2-3-10-4-6-11(7-5-10)18-14-12(16)8-9-13(15)17-14/h4-9H,2-3,16H2,1H3. The number of rotatable bonds is 4. The third kappa shape index (κ3) is 3.14. The molecule has 0 atom stereocenters. The van der Waals surface area contributed by atoms with Gasteiger partial charge in [0.15, 0.2) is 0 Å². The topological polar surface area (TPSA) is 48.1 Å². The van der Waals surface area contributed by atoms with Gasteiger partial charge in [-0.1, -0.05) is 37.1 Å². The molecule has 1 aromatic carbocycles. The van der Waals surface area contributed by atoms with Gasteiger partial charge in [0.05, 0.1) is 5.69 Å². The van der Waals surface area contributed by atoms with Gasteiger partial charge in [-0.3, -0.25) is 0 Å². The monoisotopic (exact) mass is 262 g/mol. The fraction of sp³-hybridized carbons (Fsp3) is 0.214. The van der Waals surface area contributed by atoms with Crippen molar-refractivity contribution in [2.75, 3.05) is 5.73 Å². The molecule has 0 unspecified atom stereocenters. The highest BCUT2D eigenvalue weighted by Crippen LogP contribution is 2.26. The molecule has 0 radical (unpaired) electrons. The van der Waals surface area contributed by atoms with Gasteiger partial charge in [0.2, 0.25) is 5.88 Å². The van der Waals surface area contributed by atoms with Crippen molar-refractivity contribution in [3.05, 3.63) is 47.1 Å². The summed E-state index contributed by atoms with van der Waals surface area (Å²) >= 11 is 5.80. The minimum Gasteiger partial charge on any atom is -0.437 e. The van der Waals surface area contributed by atoms with Crippen LogP contribution in [0.15, 0.2) is 36.4 Å². The smallest absolute Gasteiger partial charge is 0.244 e. The predicted molar refractivity (Wildman–Crippen MR) is 74.2 cm³/mol. The first-order valence-electron chi connectivity index (χ1n) is 5.88. The minimum atomic E-state index is 0.339. The molecule has 94 valence electrons. The summed E-state index contributed by atoms with van der Waals surface area (Å²) in [6.45, 7) is 2.15. The van der Waals surface area contributed by atoms with Gasteiger partial charge in [0.25, 0.3) is 0 Å². The quantitative estimate of drug-likeness (QED) is 0.845. The van der Waals surface area contributed by atoms with Crippen molar-refractivity contribution < 1.29 is 4.74 Å². The lowest BCUT2D eigenvalue weighted by atomic mass is 10.1. The first kappa shape index (κ1) is 12.7. The second-order valence-electron chi connectivity index (χ2n) is 4.02. The van der Waals surface area contributed by atoms with Crippen molar-refractivity contribution in [2.45, 2.75) is 19.8 Å². The Bertz CT molecular complexity index is 526. The minimum absolute atomic E-state index is 0.339. The molecule has 0 amide bonds. The summed E-state index contributed by atoms with van der Waals surface area (Å²) in [5.74, 6) is 1.04. The van der Waals surface area contributed by atoms with Gasteiger partial charge in [-0.05, 0) is 36.2 Å². The van der Waals surface area contributed by atoms with E-state index in [0.29, 0.717) is 22.5 Å². The van der Waals surface area contributed by atoms with Crippen LogP contribution in [0.4, 0.5) is 5.69 Å². The molecule has 18 heavy (non-hydrogen) atoms. The van der Waals surface area contributed by atoms with Gasteiger partial charge in [0.1, 0.15) is 10.9 Å². The van der Waals surface area contributed by atoms with Crippen LogP contribution in [0.25, 0.3) is 0 Å². The molecule has 0 bridgehead atoms. The predicted octanol–water partition coefficient (Wildman–Crippen LogP) is 4.06. The lowest BCUT2D eigenvalue weighted by Crippen LogP contribution is -1.95. The maximum Gasteiger partial charge on any atom is 0.244 e. The van der Waals surface area contributed by atoms with Crippen LogP contribution in [0.5, 0.6) is 11.6 Å². The lowest BCUT2D eigenvalue weighted by molar-refractivity contribution is 0.465. The normalized spacial score (nSPS) is 10.3. The largest absolute Gasteiger partial charge is 0.437 e. The van der Waals surface area contributed by atoms with E-state index in [4.69, 9.17) is 22.1 Å². The van der Waals surface area contributed by atoms with Crippen molar-refractivity contribution in [1.82, 2.24) is 4.98 Å². The van der Waals surface area contributed by atoms with Gasteiger partial charge in [-0.2, -0.15) is 4.98 Å². The maximum atomic E-state index is 5.80. The van der Waals surface area contributed by atoms with Crippen molar-refractivity contribution in [2.24, 2.45) is 0 Å². The summed E-state index contributed by atoms with van der Waals surface area (Å²) in [5.41, 5.74) is 7.53. The SMILES string of the molecule is CCCc1ccc(Oc2nc(Cl)ccc2N)cc1. The third-order valence-electron chi connectivity index (χ3n) is 2.53. The van der Waals surface area contributed by atoms with Crippen molar-refractivity contribution >= 4 is 17.3 Å². The second-order valence-corrected chi connectivity index (χ2v) is 4.41. The Balaban J connectivity index is 2.15. The van der Waals surface area contributed by atoms with E-state index in [1.807, 2.05) is 24.3 Å². The Labute approximate surface area is 112 Å². The fourth-order valence-electron chi connectivity index (χ4n) is 1.63. The number of anilines is 1. The first-order chi connectivity index (χ1) is 8.69. The average Bonchev–Trinajstić information content (AvgIpc) is 2.37. The molecule has 1 aromatic heterocycles. The second kappa shape index (κ2) is 5.74. The van der Waals surface area contributed by atoms with Crippen molar-refractivity contribution in [3.63, 3.8) is 0 Å². The van der Waals surface area contributed by atoms with Crippen LogP contribution < -0.4 is 10.5 Å². The van der Waals surface area contributed by atoms with Crippen LogP contribution in [-0.2, 0) is 6.42 Å². The van der Waals surface area contributed by atoms with E-state index >= 15 is 0 Å². The number of nitrogen functional groups attached to an aromatic ring is 1. The van der Waals surface area contributed by atoms with E-state index < -0.39 is 0 Å². The summed E-state index contributed by atoms with van der Waals surface area (Å²) in [6, 6.07) is 11.2. The fourth-order valence-corrected chi connectivity index (χ4v) is 1.77. The van der Waals surface area contributed by atoms with Gasteiger partial charge in [0, 0.05) is 0 Å². The Morgan fingerprint density at radius 1 is 1.17 bits per heavy atom. The van der Waals surface area contributed by atoms with E-state index in [-0.39, 0.29) is 0 Å². The molecule has 2 aromatic rings. The molecular weight excluding hydrogens is 248 g/mol. The van der Waals surface area contributed by atoms with Crippen LogP contribution in [0, 0.1) is 0 Å². The van der Waals surface area contributed by atoms with Gasteiger partial charge in [-0.25, -0.2) is 0 Å². The highest BCUT2D eigenvalue weighted by Gasteiger charge is 2.05. The number of hydrogen-bond acceptors (Lipinski definition) is 3. The van der Waals surface area contributed by atoms with Gasteiger partial charge < -0.3 is 10.5 Å². The molecule has 4 heteroatoms. The third-order valence-corrected chi connectivity index (χ3v) is 2.74. The molecule has 0 spiro atoms. The van der Waals surface area contributed by atoms with E-state index in [9.17, 15) is 0 Å². The van der Waals surface area contributed by atoms with Crippen LogP contribution >= 0.6 is 11.6 Å². The number of hydrogen-bond donors (Lipinski definition) is 1. The summed E-state index contributed by atoms with van der Waals surface area (Å²) in [5, 5.41) is 0.363. The van der Waals surface area contributed by atoms with Crippen molar-refractivity contribution in [3.8, 4) is 11.6 Å². The van der Waals surface area contributed by atoms with Crippen LogP contribution in [0.3, 0.4) is 0 Å². The molecule has 0 aliphatic heterocycles. The maximum absolute atomic E-state index is 5.80. The van der Waals surface area contributed by atoms with E-state index in [2.05, 4.69) is 11.9 Å². The zero-order chi connectivity index (χ0) is 13.0. The van der Waals surface area contributed by atoms with Crippen LogP contribution in [0.2, 0.25) is 5.15 Å². The summed E-state index contributed by atoms with van der Waals surface area (Å²) in [7, 11) is 0. The molecule has 2 rings (SSSR count). The number of pyridine rings is 1. The van der Waals surface area contributed by atoms with Gasteiger partial charge in [-0.15, -0.1) is 0 Å². The van der Waals surface area contributed by atoms with E-state index in [0.717, 1.165) is 12.8 Å². The highest BCUT2D eigenvalue weighted by molar-refractivity contribution is 6.29. The Morgan fingerprint density at radius 3 is 2.56 bits per heavy atom. The molecular formula is C14H15ClN2O. The van der Waals surface area contributed by atoms with E-state index in [1.165, 1.54) is 5.56 Å². The number of aryl methyl sites for hydroxylation is 1. The Hall–Kier alpha value is -1.74. The van der Waals surface area contributed by atoms with Gasteiger partial charge >= 0.3 is 0 Å². The number of nitrogens with two attached hydrogens (primary N) is 1. The Kier molecular flexibility index (Phi) is 4.05. The number of aromatic nitrogens is 1.